The van der Waals surface area contributed by atoms with Gasteiger partial charge in [0.1, 0.15) is 11.5 Å². The minimum Gasteiger partial charge on any atom is -0.478 e. The molecule has 6 heteroatoms. The summed E-state index contributed by atoms with van der Waals surface area (Å²) in [5.74, 6) is -0.963. The summed E-state index contributed by atoms with van der Waals surface area (Å²) in [4.78, 5) is 19.2. The number of carboxylic acids is 2. The summed E-state index contributed by atoms with van der Waals surface area (Å²) in [5, 5.41) is 15.8. The highest BCUT2D eigenvalue weighted by Gasteiger charge is 2.21. The fourth-order valence-corrected chi connectivity index (χ4v) is 1.57. The first-order valence-corrected chi connectivity index (χ1v) is 8.70. The SMILES string of the molecule is C=C(C)C(=O)O.C=C(C)C(=O)O.CC(C)(Oc1ccccc1)Oc1ccccc1. The lowest BCUT2D eigenvalue weighted by molar-refractivity contribution is -0.133. The Bertz CT molecular complexity index is 703. The van der Waals surface area contributed by atoms with Crippen LogP contribution in [0.3, 0.4) is 0 Å². The molecule has 0 saturated heterocycles. The van der Waals surface area contributed by atoms with Gasteiger partial charge >= 0.3 is 11.9 Å². The number of benzene rings is 2. The van der Waals surface area contributed by atoms with Gasteiger partial charge in [-0.1, -0.05) is 49.6 Å². The first kappa shape index (κ1) is 25.5. The molecule has 2 N–H and O–H groups in total. The molecule has 0 bridgehead atoms. The van der Waals surface area contributed by atoms with Gasteiger partial charge in [-0.05, 0) is 38.1 Å². The molecule has 0 aromatic heterocycles. The van der Waals surface area contributed by atoms with E-state index in [-0.39, 0.29) is 11.1 Å². The summed E-state index contributed by atoms with van der Waals surface area (Å²) in [6, 6.07) is 19.3. The van der Waals surface area contributed by atoms with Gasteiger partial charge in [0.2, 0.25) is 5.79 Å². The zero-order valence-electron chi connectivity index (χ0n) is 17.2. The average Bonchev–Trinajstić information content (AvgIpc) is 2.63. The van der Waals surface area contributed by atoms with Gasteiger partial charge in [-0.15, -0.1) is 0 Å². The van der Waals surface area contributed by atoms with Crippen molar-refractivity contribution in [2.45, 2.75) is 33.5 Å². The number of aliphatic carboxylic acids is 2. The van der Waals surface area contributed by atoms with Crippen LogP contribution in [0.15, 0.2) is 85.0 Å². The third-order valence-electron chi connectivity index (χ3n) is 2.94. The lowest BCUT2D eigenvalue weighted by Crippen LogP contribution is -2.35. The molecule has 0 radical (unpaired) electrons. The number of para-hydroxylation sites is 2. The maximum absolute atomic E-state index is 9.60. The van der Waals surface area contributed by atoms with Crippen LogP contribution in [0.4, 0.5) is 0 Å². The highest BCUT2D eigenvalue weighted by atomic mass is 16.7. The Morgan fingerprint density at radius 1 is 0.724 bits per heavy atom. The fraction of sp³-hybridized carbons (Fsp3) is 0.217. The van der Waals surface area contributed by atoms with Crippen LogP contribution in [0.2, 0.25) is 0 Å². The first-order chi connectivity index (χ1) is 13.4. The molecular formula is C23H28O6. The Hall–Kier alpha value is -3.54. The molecule has 0 fully saturated rings. The number of hydrogen-bond acceptors (Lipinski definition) is 4. The van der Waals surface area contributed by atoms with Crippen molar-refractivity contribution in [3.63, 3.8) is 0 Å². The van der Waals surface area contributed by atoms with E-state index in [2.05, 4.69) is 13.2 Å². The van der Waals surface area contributed by atoms with Crippen molar-refractivity contribution in [3.05, 3.63) is 85.0 Å². The van der Waals surface area contributed by atoms with Gasteiger partial charge in [-0.2, -0.15) is 0 Å². The van der Waals surface area contributed by atoms with Crippen LogP contribution < -0.4 is 9.47 Å². The lowest BCUT2D eigenvalue weighted by atomic mass is 10.3. The van der Waals surface area contributed by atoms with E-state index in [9.17, 15) is 9.59 Å². The van der Waals surface area contributed by atoms with Crippen LogP contribution in [0.25, 0.3) is 0 Å². The van der Waals surface area contributed by atoms with Crippen LogP contribution in [-0.2, 0) is 9.59 Å². The topological polar surface area (TPSA) is 93.1 Å². The molecule has 0 spiro atoms. The van der Waals surface area contributed by atoms with Gasteiger partial charge in [0, 0.05) is 25.0 Å². The van der Waals surface area contributed by atoms with Gasteiger partial charge in [-0.25, -0.2) is 9.59 Å². The highest BCUT2D eigenvalue weighted by molar-refractivity contribution is 5.85. The molecular weight excluding hydrogens is 372 g/mol. The molecule has 156 valence electrons. The smallest absolute Gasteiger partial charge is 0.330 e. The zero-order chi connectivity index (χ0) is 22.4. The van der Waals surface area contributed by atoms with E-state index in [1.54, 1.807) is 0 Å². The molecule has 0 atom stereocenters. The van der Waals surface area contributed by atoms with E-state index in [4.69, 9.17) is 19.7 Å². The van der Waals surface area contributed by atoms with Gasteiger partial charge < -0.3 is 19.7 Å². The zero-order valence-corrected chi connectivity index (χ0v) is 17.2. The third-order valence-corrected chi connectivity index (χ3v) is 2.94. The quantitative estimate of drug-likeness (QED) is 0.513. The van der Waals surface area contributed by atoms with Crippen molar-refractivity contribution >= 4 is 11.9 Å². The fourth-order valence-electron chi connectivity index (χ4n) is 1.57. The van der Waals surface area contributed by atoms with E-state index < -0.39 is 17.7 Å². The number of hydrogen-bond donors (Lipinski definition) is 2. The van der Waals surface area contributed by atoms with Crippen molar-refractivity contribution in [2.24, 2.45) is 0 Å². The van der Waals surface area contributed by atoms with Crippen molar-refractivity contribution in [1.29, 1.82) is 0 Å². The van der Waals surface area contributed by atoms with Gasteiger partial charge in [0.25, 0.3) is 0 Å². The van der Waals surface area contributed by atoms with Crippen LogP contribution in [-0.4, -0.2) is 27.9 Å². The largest absolute Gasteiger partial charge is 0.478 e. The number of carboxylic acid groups (broad SMARTS) is 2. The van der Waals surface area contributed by atoms with Crippen LogP contribution in [0.1, 0.15) is 27.7 Å². The van der Waals surface area contributed by atoms with E-state index in [1.807, 2.05) is 74.5 Å². The van der Waals surface area contributed by atoms with Crippen molar-refractivity contribution < 1.29 is 29.3 Å². The Labute approximate surface area is 171 Å². The summed E-state index contributed by atoms with van der Waals surface area (Å²) in [7, 11) is 0. The molecule has 0 aliphatic carbocycles. The minimum absolute atomic E-state index is 0.176. The molecule has 0 amide bonds. The Balaban J connectivity index is 0.000000542. The summed E-state index contributed by atoms with van der Waals surface area (Å²) < 4.78 is 11.6. The molecule has 6 nitrogen and oxygen atoms in total. The van der Waals surface area contributed by atoms with E-state index in [0.717, 1.165) is 11.5 Å². The monoisotopic (exact) mass is 400 g/mol. The molecule has 29 heavy (non-hydrogen) atoms. The predicted octanol–water partition coefficient (Wildman–Crippen LogP) is 5.17. The molecule has 0 heterocycles. The number of rotatable bonds is 6. The normalized spacial score (nSPS) is 9.52. The maximum Gasteiger partial charge on any atom is 0.330 e. The van der Waals surface area contributed by atoms with Crippen LogP contribution >= 0.6 is 0 Å². The Morgan fingerprint density at radius 2 is 0.966 bits per heavy atom. The van der Waals surface area contributed by atoms with Crippen molar-refractivity contribution in [3.8, 4) is 11.5 Å². The second kappa shape index (κ2) is 12.8. The van der Waals surface area contributed by atoms with Crippen LogP contribution in [0, 0.1) is 0 Å². The summed E-state index contributed by atoms with van der Waals surface area (Å²) in [5.41, 5.74) is 0.352. The first-order valence-electron chi connectivity index (χ1n) is 8.70. The second-order valence-electron chi connectivity index (χ2n) is 6.40. The van der Waals surface area contributed by atoms with E-state index >= 15 is 0 Å². The van der Waals surface area contributed by atoms with Gasteiger partial charge in [0.15, 0.2) is 0 Å². The Morgan fingerprint density at radius 3 is 1.17 bits per heavy atom. The standard InChI is InChI=1S/C15H16O2.2C4H6O2/c1-15(2,16-13-9-5-3-6-10-13)17-14-11-7-4-8-12-14;2*1-3(2)4(5)6/h3-12H,1-2H3;2*1H2,2H3,(H,5,6). The minimum atomic E-state index is -0.935. The molecule has 0 unspecified atom stereocenters. The summed E-state index contributed by atoms with van der Waals surface area (Å²) in [6.45, 7) is 13.0. The maximum atomic E-state index is 9.60. The van der Waals surface area contributed by atoms with Crippen molar-refractivity contribution in [1.82, 2.24) is 0 Å². The lowest BCUT2D eigenvalue weighted by Gasteiger charge is -2.27. The van der Waals surface area contributed by atoms with E-state index in [1.165, 1.54) is 13.8 Å². The van der Waals surface area contributed by atoms with Crippen LogP contribution in [0.5, 0.6) is 11.5 Å². The highest BCUT2D eigenvalue weighted by Crippen LogP contribution is 2.22. The Kier molecular flexibility index (Phi) is 11.2. The number of ether oxygens (including phenoxy) is 2. The summed E-state index contributed by atoms with van der Waals surface area (Å²) in [6.07, 6.45) is 0. The molecule has 2 aromatic rings. The molecule has 0 saturated carbocycles. The second-order valence-corrected chi connectivity index (χ2v) is 6.40. The molecule has 2 aromatic carbocycles. The molecule has 0 aliphatic rings. The third kappa shape index (κ3) is 13.3. The van der Waals surface area contributed by atoms with E-state index in [0.29, 0.717) is 0 Å². The molecule has 2 rings (SSSR count). The average molecular weight is 400 g/mol. The van der Waals surface area contributed by atoms with Gasteiger partial charge in [-0.3, -0.25) is 0 Å². The van der Waals surface area contributed by atoms with Gasteiger partial charge in [0.05, 0.1) is 0 Å². The number of carbonyl (C=O) groups is 2. The molecule has 0 aliphatic heterocycles. The predicted molar refractivity (Wildman–Crippen MR) is 113 cm³/mol. The van der Waals surface area contributed by atoms with Crippen molar-refractivity contribution in [2.75, 3.05) is 0 Å². The summed E-state index contributed by atoms with van der Waals surface area (Å²) >= 11 is 0.